The Balaban J connectivity index is 4.48. The third kappa shape index (κ3) is 3.32. The van der Waals surface area contributed by atoms with E-state index in [9.17, 15) is 0 Å². The van der Waals surface area contributed by atoms with E-state index in [4.69, 9.17) is 0 Å². The van der Waals surface area contributed by atoms with Crippen molar-refractivity contribution in [1.29, 1.82) is 0 Å². The summed E-state index contributed by atoms with van der Waals surface area (Å²) in [4.78, 5) is 0. The maximum atomic E-state index is 2.43. The molecule has 0 heterocycles. The normalized spacial score (nSPS) is 12.9. The fourth-order valence-corrected chi connectivity index (χ4v) is 2.26. The van der Waals surface area contributed by atoms with E-state index in [1.165, 1.54) is 25.7 Å². The molecule has 0 bridgehead atoms. The van der Waals surface area contributed by atoms with Gasteiger partial charge in [0.1, 0.15) is 0 Å². The van der Waals surface area contributed by atoms with Crippen LogP contribution in [0.5, 0.6) is 0 Å². The highest BCUT2D eigenvalue weighted by Crippen LogP contribution is 2.43. The number of rotatable bonds is 6. The van der Waals surface area contributed by atoms with Crippen LogP contribution >= 0.6 is 0 Å². The maximum Gasteiger partial charge on any atom is -0.0157 e. The third-order valence-electron chi connectivity index (χ3n) is 3.55. The second kappa shape index (κ2) is 5.67. The van der Waals surface area contributed by atoms with E-state index in [-0.39, 0.29) is 0 Å². The van der Waals surface area contributed by atoms with Gasteiger partial charge in [0.05, 0.1) is 0 Å². The molecule has 79 valence electrons. The average Bonchev–Trinajstić information content (AvgIpc) is 2.12. The van der Waals surface area contributed by atoms with E-state index in [0.717, 1.165) is 5.92 Å². The summed E-state index contributed by atoms with van der Waals surface area (Å²) in [5.41, 5.74) is 0.490. The molecule has 0 unspecified atom stereocenters. The second-order valence-corrected chi connectivity index (χ2v) is 4.70. The fourth-order valence-electron chi connectivity index (χ4n) is 2.26. The van der Waals surface area contributed by atoms with Crippen LogP contribution in [-0.2, 0) is 0 Å². The smallest absolute Gasteiger partial charge is 0.0157 e. The first-order valence-corrected chi connectivity index (χ1v) is 5.88. The standard InChI is InChI=1S/C13H27/c1-7-10-12(11(4)5)13(6,8-2)9-3/h11H,7-10H2,1-6H3. The molecule has 0 amide bonds. The highest BCUT2D eigenvalue weighted by Gasteiger charge is 2.32. The van der Waals surface area contributed by atoms with Crippen molar-refractivity contribution < 1.29 is 0 Å². The third-order valence-corrected chi connectivity index (χ3v) is 3.55. The predicted molar refractivity (Wildman–Crippen MR) is 61.7 cm³/mol. The first kappa shape index (κ1) is 13.0. The zero-order chi connectivity index (χ0) is 10.5. The molecular formula is C13H27. The Labute approximate surface area is 85.1 Å². The van der Waals surface area contributed by atoms with Gasteiger partial charge in [-0.3, -0.25) is 0 Å². The first-order valence-electron chi connectivity index (χ1n) is 5.88. The number of hydrogen-bond donors (Lipinski definition) is 0. The Hall–Kier alpha value is 0. The lowest BCUT2D eigenvalue weighted by atomic mass is 9.66. The summed E-state index contributed by atoms with van der Waals surface area (Å²) in [6.07, 6.45) is 5.19. The molecule has 0 nitrogen and oxygen atoms in total. The second-order valence-electron chi connectivity index (χ2n) is 4.70. The summed E-state index contributed by atoms with van der Waals surface area (Å²) in [5.74, 6) is 2.53. The fraction of sp³-hybridized carbons (Fsp3) is 0.923. The van der Waals surface area contributed by atoms with Crippen LogP contribution in [0.25, 0.3) is 0 Å². The molecule has 0 aliphatic carbocycles. The van der Waals surface area contributed by atoms with E-state index in [1.54, 1.807) is 5.92 Å². The van der Waals surface area contributed by atoms with Gasteiger partial charge in [-0.1, -0.05) is 60.8 Å². The van der Waals surface area contributed by atoms with Crippen LogP contribution in [0.3, 0.4) is 0 Å². The molecule has 0 N–H and O–H groups in total. The molecule has 1 radical (unpaired) electrons. The van der Waals surface area contributed by atoms with E-state index in [2.05, 4.69) is 41.5 Å². The Morgan fingerprint density at radius 1 is 1.08 bits per heavy atom. The minimum atomic E-state index is 0.490. The SMILES string of the molecule is CCC[C](C(C)C)C(C)(CC)CC. The van der Waals surface area contributed by atoms with Crippen molar-refractivity contribution in [2.75, 3.05) is 0 Å². The summed E-state index contributed by atoms with van der Waals surface area (Å²) < 4.78 is 0. The molecule has 0 aromatic carbocycles. The van der Waals surface area contributed by atoms with Crippen LogP contribution in [-0.4, -0.2) is 0 Å². The van der Waals surface area contributed by atoms with Gasteiger partial charge in [-0.15, -0.1) is 0 Å². The minimum Gasteiger partial charge on any atom is -0.0654 e. The molecule has 0 aliphatic heterocycles. The largest absolute Gasteiger partial charge is 0.0654 e. The molecular weight excluding hydrogens is 156 g/mol. The summed E-state index contributed by atoms with van der Waals surface area (Å²) in [7, 11) is 0. The van der Waals surface area contributed by atoms with E-state index < -0.39 is 0 Å². The van der Waals surface area contributed by atoms with Crippen LogP contribution in [0.15, 0.2) is 0 Å². The Morgan fingerprint density at radius 3 is 1.77 bits per heavy atom. The van der Waals surface area contributed by atoms with Gasteiger partial charge in [0.2, 0.25) is 0 Å². The molecule has 13 heavy (non-hydrogen) atoms. The van der Waals surface area contributed by atoms with Gasteiger partial charge in [0.15, 0.2) is 0 Å². The average molecular weight is 183 g/mol. The van der Waals surface area contributed by atoms with Gasteiger partial charge >= 0.3 is 0 Å². The Kier molecular flexibility index (Phi) is 5.67. The van der Waals surface area contributed by atoms with Crippen molar-refractivity contribution in [3.63, 3.8) is 0 Å². The van der Waals surface area contributed by atoms with Gasteiger partial charge in [0, 0.05) is 0 Å². The van der Waals surface area contributed by atoms with Crippen LogP contribution in [0, 0.1) is 17.3 Å². The molecule has 0 heteroatoms. The molecule has 0 rings (SSSR count). The minimum absolute atomic E-state index is 0.490. The van der Waals surface area contributed by atoms with Crippen molar-refractivity contribution in [3.8, 4) is 0 Å². The molecule has 0 saturated heterocycles. The first-order chi connectivity index (χ1) is 6.01. The molecule has 0 spiro atoms. The molecule has 0 saturated carbocycles. The predicted octanol–water partition coefficient (Wildman–Crippen LogP) is 4.84. The van der Waals surface area contributed by atoms with Gasteiger partial charge in [-0.25, -0.2) is 0 Å². The van der Waals surface area contributed by atoms with E-state index in [0.29, 0.717) is 5.41 Å². The highest BCUT2D eigenvalue weighted by atomic mass is 14.4. The molecule has 0 aromatic rings. The number of hydrogen-bond acceptors (Lipinski definition) is 0. The van der Waals surface area contributed by atoms with Gasteiger partial charge in [0.25, 0.3) is 0 Å². The zero-order valence-electron chi connectivity index (χ0n) is 10.4. The lowest BCUT2D eigenvalue weighted by molar-refractivity contribution is 0.259. The van der Waals surface area contributed by atoms with Gasteiger partial charge < -0.3 is 0 Å². The zero-order valence-corrected chi connectivity index (χ0v) is 10.4. The van der Waals surface area contributed by atoms with Crippen molar-refractivity contribution >= 4 is 0 Å². The maximum absolute atomic E-state index is 2.43. The lowest BCUT2D eigenvalue weighted by Crippen LogP contribution is -2.28. The van der Waals surface area contributed by atoms with Crippen LogP contribution in [0.4, 0.5) is 0 Å². The van der Waals surface area contributed by atoms with Crippen molar-refractivity contribution in [2.45, 2.75) is 67.2 Å². The summed E-state index contributed by atoms with van der Waals surface area (Å²) >= 11 is 0. The summed E-state index contributed by atoms with van der Waals surface area (Å²) in [5, 5.41) is 0. The van der Waals surface area contributed by atoms with Crippen molar-refractivity contribution in [3.05, 3.63) is 5.92 Å². The van der Waals surface area contributed by atoms with Crippen molar-refractivity contribution in [2.24, 2.45) is 11.3 Å². The molecule has 0 aromatic heterocycles. The van der Waals surface area contributed by atoms with Gasteiger partial charge in [-0.05, 0) is 23.7 Å². The summed E-state index contributed by atoms with van der Waals surface area (Å²) in [6.45, 7) is 14.0. The molecule has 0 aliphatic rings. The lowest BCUT2D eigenvalue weighted by Gasteiger charge is -2.38. The highest BCUT2D eigenvalue weighted by molar-refractivity contribution is 5.05. The van der Waals surface area contributed by atoms with Gasteiger partial charge in [-0.2, -0.15) is 0 Å². The Bertz CT molecular complexity index is 120. The molecule has 0 fully saturated rings. The Morgan fingerprint density at radius 2 is 1.54 bits per heavy atom. The monoisotopic (exact) mass is 183 g/mol. The van der Waals surface area contributed by atoms with Crippen LogP contribution < -0.4 is 0 Å². The molecule has 0 atom stereocenters. The van der Waals surface area contributed by atoms with E-state index in [1.807, 2.05) is 0 Å². The van der Waals surface area contributed by atoms with Crippen LogP contribution in [0.1, 0.15) is 67.2 Å². The quantitative estimate of drug-likeness (QED) is 0.552. The van der Waals surface area contributed by atoms with Crippen molar-refractivity contribution in [1.82, 2.24) is 0 Å². The van der Waals surface area contributed by atoms with E-state index >= 15 is 0 Å². The summed E-state index contributed by atoms with van der Waals surface area (Å²) in [6, 6.07) is 0. The topological polar surface area (TPSA) is 0 Å². The van der Waals surface area contributed by atoms with Crippen LogP contribution in [0.2, 0.25) is 0 Å².